The number of anilines is 1. The molecule has 0 aromatic heterocycles. The van der Waals surface area contributed by atoms with Crippen LogP contribution in [0.15, 0.2) is 64.6 Å². The number of rotatable bonds is 16. The fourth-order valence-electron chi connectivity index (χ4n) is 4.13. The summed E-state index contributed by atoms with van der Waals surface area (Å²) in [6.45, 7) is 0.497. The maximum atomic E-state index is 13.0. The number of benzene rings is 3. The number of hydrazone groups is 1. The summed E-state index contributed by atoms with van der Waals surface area (Å²) in [5.41, 5.74) is 1.19. The third-order valence-electron chi connectivity index (χ3n) is 6.50. The van der Waals surface area contributed by atoms with Gasteiger partial charge < -0.3 is 38.9 Å². The van der Waals surface area contributed by atoms with Gasteiger partial charge in [-0.1, -0.05) is 24.3 Å². The first-order valence-electron chi connectivity index (χ1n) is 12.9. The average molecular weight is 678 g/mol. The Hall–Kier alpha value is -2.00. The largest absolute Gasteiger partial charge is 1.00 e. The zero-order valence-corrected chi connectivity index (χ0v) is 29.5. The molecule has 0 aliphatic carbocycles. The molecule has 234 valence electrons. The van der Waals surface area contributed by atoms with Crippen LogP contribution in [0, 0.1) is 10.1 Å². The number of hydrogen-bond donors (Lipinski definition) is 4. The molecule has 0 aliphatic rings. The number of nitrogens with zero attached hydrogens (tertiary/aromatic N) is 4. The van der Waals surface area contributed by atoms with Crippen molar-refractivity contribution >= 4 is 55.8 Å². The van der Waals surface area contributed by atoms with Crippen LogP contribution in [0.1, 0.15) is 18.4 Å². The second kappa shape index (κ2) is 17.1. The Balaban J connectivity index is 0.00000675. The minimum absolute atomic E-state index is 0. The van der Waals surface area contributed by atoms with Crippen LogP contribution in [-0.4, -0.2) is 81.1 Å². The summed E-state index contributed by atoms with van der Waals surface area (Å²) < 4.78 is 30.0. The minimum Gasteiger partial charge on any atom is -0.776 e. The summed E-state index contributed by atoms with van der Waals surface area (Å²) in [6, 6.07) is 15.5. The minimum atomic E-state index is -5.16. The van der Waals surface area contributed by atoms with Crippen LogP contribution in [-0.2, 0) is 15.6 Å². The molecule has 0 radical (unpaired) electrons. The Morgan fingerprint density at radius 3 is 2.48 bits per heavy atom. The first-order chi connectivity index (χ1) is 20.3. The van der Waals surface area contributed by atoms with Gasteiger partial charge >= 0.3 is 35.2 Å². The van der Waals surface area contributed by atoms with Crippen LogP contribution in [0.5, 0.6) is 5.75 Å². The molecule has 3 rings (SSSR count). The topological polar surface area (TPSA) is 201 Å². The summed E-state index contributed by atoms with van der Waals surface area (Å²) in [5.74, 6) is 0.00595. The quantitative estimate of drug-likeness (QED) is 0.0374. The summed E-state index contributed by atoms with van der Waals surface area (Å²) in [4.78, 5) is 47.4. The number of hydrogen-bond acceptors (Lipinski definition) is 11. The molecular weight excluding hydrogens is 643 g/mol. The van der Waals surface area contributed by atoms with E-state index in [1.54, 1.807) is 18.0 Å². The molecule has 14 nitrogen and oxygen atoms in total. The van der Waals surface area contributed by atoms with Crippen molar-refractivity contribution in [2.24, 2.45) is 5.10 Å². The number of nitro groups is 1. The Morgan fingerprint density at radius 1 is 1.16 bits per heavy atom. The van der Waals surface area contributed by atoms with Gasteiger partial charge in [0.1, 0.15) is 0 Å². The van der Waals surface area contributed by atoms with E-state index in [9.17, 15) is 33.8 Å². The summed E-state index contributed by atoms with van der Waals surface area (Å²) in [5, 5.41) is 24.7. The van der Waals surface area contributed by atoms with E-state index in [1.807, 2.05) is 49.3 Å². The van der Waals surface area contributed by atoms with E-state index in [-0.39, 0.29) is 54.1 Å². The van der Waals surface area contributed by atoms with E-state index < -0.39 is 43.8 Å². The molecule has 0 saturated heterocycles. The van der Waals surface area contributed by atoms with Gasteiger partial charge in [0.2, 0.25) is 0 Å². The molecule has 0 bridgehead atoms. The third-order valence-corrected chi connectivity index (χ3v) is 10.4. The second-order valence-electron chi connectivity index (χ2n) is 9.83. The molecule has 18 heteroatoms. The monoisotopic (exact) mass is 677 g/mol. The summed E-state index contributed by atoms with van der Waals surface area (Å²) in [6.07, 6.45) is 1.36. The van der Waals surface area contributed by atoms with Crippen molar-refractivity contribution in [3.8, 4) is 5.75 Å². The Labute approximate surface area is 281 Å². The van der Waals surface area contributed by atoms with Gasteiger partial charge in [-0.25, -0.2) is 9.04 Å². The van der Waals surface area contributed by atoms with E-state index in [2.05, 4.69) is 9.93 Å². The van der Waals surface area contributed by atoms with Gasteiger partial charge in [-0.2, -0.15) is 5.10 Å². The Bertz CT molecular complexity index is 1550. The molecule has 0 saturated carbocycles. The maximum Gasteiger partial charge on any atom is 1.00 e. The number of aliphatic hydroxyl groups is 1. The zero-order valence-electron chi connectivity index (χ0n) is 24.7. The van der Waals surface area contributed by atoms with Crippen LogP contribution in [0.2, 0.25) is 0 Å². The normalized spacial score (nSPS) is 15.2. The van der Waals surface area contributed by atoms with Crippen LogP contribution in [0.4, 0.5) is 11.4 Å². The third kappa shape index (κ3) is 10.0. The molecule has 0 spiro atoms. The Morgan fingerprint density at radius 2 is 1.84 bits per heavy atom. The standard InChI is InChI=1S/C26H35N5O9P2S.Na/c1-29(2)22-9-4-8-21-20(22)7-5-10-25(21)43(39)28-27-18-19-11-12-23(31(33)34)24(17-19)40-16-6-14-30(3)15-13-26(32,41-35)42(36,37)38;/h4-5,7-12,17-18,28,32,35,41H,6,13-16H2,1-3H3,(H2,36,37,38);/q;+1/p-1/b27-18+;. The van der Waals surface area contributed by atoms with Crippen molar-refractivity contribution in [1.82, 2.24) is 9.73 Å². The molecule has 4 N–H and O–H groups in total. The van der Waals surface area contributed by atoms with Gasteiger partial charge in [-0.05, 0) is 43.3 Å². The number of fused-ring (bicyclic) bond motifs is 1. The van der Waals surface area contributed by atoms with Crippen molar-refractivity contribution in [1.29, 1.82) is 0 Å². The van der Waals surface area contributed by atoms with Gasteiger partial charge in [-0.15, -0.1) is 0 Å². The fraction of sp³-hybridized carbons (Fsp3) is 0.346. The van der Waals surface area contributed by atoms with Gasteiger partial charge in [0.15, 0.2) is 29.4 Å². The SMILES string of the molecule is CN(CCCOc1cc(/C=N/NS(=O)c2cccc3c(N(C)C)cccc23)ccc1[N+](=O)[O-])CCC(O)(PO)P(=O)([O-])O.[Na+]. The van der Waals surface area contributed by atoms with E-state index in [0.29, 0.717) is 23.4 Å². The van der Waals surface area contributed by atoms with Gasteiger partial charge in [0.25, 0.3) is 0 Å². The van der Waals surface area contributed by atoms with Crippen LogP contribution in [0.25, 0.3) is 10.8 Å². The smallest absolute Gasteiger partial charge is 0.776 e. The van der Waals surface area contributed by atoms with E-state index >= 15 is 0 Å². The first kappa shape index (κ1) is 38.2. The number of ether oxygens (including phenoxy) is 1. The molecule has 4 unspecified atom stereocenters. The molecule has 0 heterocycles. The van der Waals surface area contributed by atoms with Crippen LogP contribution in [0.3, 0.4) is 0 Å². The van der Waals surface area contributed by atoms with Crippen molar-refractivity contribution in [2.75, 3.05) is 45.7 Å². The van der Waals surface area contributed by atoms with Gasteiger partial charge in [0, 0.05) is 56.1 Å². The number of nitro benzene ring substituents is 1. The molecule has 0 amide bonds. The predicted molar refractivity (Wildman–Crippen MR) is 166 cm³/mol. The molecule has 0 aliphatic heterocycles. The predicted octanol–water partition coefficient (Wildman–Crippen LogP) is -0.667. The van der Waals surface area contributed by atoms with Gasteiger partial charge in [-0.3, -0.25) is 10.1 Å². The first-order valence-corrected chi connectivity index (χ1v) is 16.6. The van der Waals surface area contributed by atoms with E-state index in [1.165, 1.54) is 24.4 Å². The molecule has 0 fully saturated rings. The van der Waals surface area contributed by atoms with E-state index in [0.717, 1.165) is 16.5 Å². The average Bonchev–Trinajstić information content (AvgIpc) is 2.96. The Kier molecular flexibility index (Phi) is 14.8. The van der Waals surface area contributed by atoms with Crippen LogP contribution < -0.4 is 48.9 Å². The molecule has 44 heavy (non-hydrogen) atoms. The van der Waals surface area contributed by atoms with Crippen molar-refractivity contribution in [2.45, 2.75) is 22.8 Å². The van der Waals surface area contributed by atoms with Crippen LogP contribution >= 0.6 is 16.4 Å². The number of nitrogens with one attached hydrogen (secondary N) is 1. The van der Waals surface area contributed by atoms with Crippen molar-refractivity contribution in [3.05, 3.63) is 70.3 Å². The molecular formula is C26H34N5NaO9P2S. The van der Waals surface area contributed by atoms with Crippen molar-refractivity contribution < 1.29 is 67.8 Å². The van der Waals surface area contributed by atoms with E-state index in [4.69, 9.17) is 9.63 Å². The summed E-state index contributed by atoms with van der Waals surface area (Å²) >= 11 is 0. The molecule has 4 atom stereocenters. The van der Waals surface area contributed by atoms with Gasteiger partial charge in [0.05, 0.1) is 31.4 Å². The molecule has 3 aromatic rings. The summed E-state index contributed by atoms with van der Waals surface area (Å²) in [7, 11) is -2.74. The second-order valence-corrected chi connectivity index (χ2v) is 14.2. The maximum absolute atomic E-state index is 13.0. The zero-order chi connectivity index (χ0) is 31.8. The molecule has 3 aromatic carbocycles. The van der Waals surface area contributed by atoms with Crippen molar-refractivity contribution in [3.63, 3.8) is 0 Å². The fourth-order valence-corrected chi connectivity index (χ4v) is 6.07.